The number of anilines is 1. The number of thiazole rings is 1. The largest absolute Gasteiger partial charge is 0.298 e. The normalized spacial score (nSPS) is 11.1. The van der Waals surface area contributed by atoms with E-state index in [1.54, 1.807) is 0 Å². The van der Waals surface area contributed by atoms with Gasteiger partial charge in [0.05, 0.1) is 27.0 Å². The van der Waals surface area contributed by atoms with Crippen molar-refractivity contribution in [3.63, 3.8) is 0 Å². The van der Waals surface area contributed by atoms with Gasteiger partial charge in [0, 0.05) is 15.4 Å². The number of aromatic nitrogens is 2. The van der Waals surface area contributed by atoms with Gasteiger partial charge in [-0.3, -0.25) is 10.1 Å². The average Bonchev–Trinajstić information content (AvgIpc) is 3.15. The molecule has 0 fully saturated rings. The summed E-state index contributed by atoms with van der Waals surface area (Å²) < 4.78 is 2.04. The Labute approximate surface area is 179 Å². The van der Waals surface area contributed by atoms with Crippen molar-refractivity contribution in [1.82, 2.24) is 9.97 Å². The van der Waals surface area contributed by atoms with Gasteiger partial charge in [-0.1, -0.05) is 69.7 Å². The lowest BCUT2D eigenvalue weighted by Crippen LogP contribution is -2.13. The van der Waals surface area contributed by atoms with Crippen LogP contribution in [0.3, 0.4) is 0 Å². The molecule has 0 saturated carbocycles. The summed E-state index contributed by atoms with van der Waals surface area (Å²) in [6.07, 6.45) is 0. The smallest absolute Gasteiger partial charge is 0.258 e. The molecular formula is C23H14BrN3OS. The van der Waals surface area contributed by atoms with Gasteiger partial charge < -0.3 is 0 Å². The Kier molecular flexibility index (Phi) is 4.58. The average molecular weight is 460 g/mol. The summed E-state index contributed by atoms with van der Waals surface area (Å²) in [7, 11) is 0. The molecule has 0 aliphatic heterocycles. The van der Waals surface area contributed by atoms with Crippen molar-refractivity contribution in [1.29, 1.82) is 0 Å². The van der Waals surface area contributed by atoms with Gasteiger partial charge in [0.15, 0.2) is 5.13 Å². The predicted molar refractivity (Wildman–Crippen MR) is 122 cm³/mol. The SMILES string of the molecule is O=C(Nc1nc2ccccc2s1)c1cc(-c2ccc(Br)cc2)nc2ccccc12. The van der Waals surface area contributed by atoms with Crippen molar-refractivity contribution in [3.8, 4) is 11.3 Å². The van der Waals surface area contributed by atoms with Crippen molar-refractivity contribution >= 4 is 59.4 Å². The Balaban J connectivity index is 1.58. The van der Waals surface area contributed by atoms with Crippen LogP contribution in [0, 0.1) is 0 Å². The highest BCUT2D eigenvalue weighted by atomic mass is 79.9. The van der Waals surface area contributed by atoms with Crippen LogP contribution in [0.4, 0.5) is 5.13 Å². The maximum atomic E-state index is 13.2. The number of para-hydroxylation sites is 2. The Morgan fingerprint density at radius 2 is 1.59 bits per heavy atom. The van der Waals surface area contributed by atoms with Gasteiger partial charge >= 0.3 is 0 Å². The Morgan fingerprint density at radius 3 is 2.38 bits per heavy atom. The Hall–Kier alpha value is -3.09. The van der Waals surface area contributed by atoms with Gasteiger partial charge in [-0.15, -0.1) is 0 Å². The zero-order valence-corrected chi connectivity index (χ0v) is 17.5. The van der Waals surface area contributed by atoms with Crippen molar-refractivity contribution in [3.05, 3.63) is 88.9 Å². The molecule has 0 aliphatic carbocycles. The summed E-state index contributed by atoms with van der Waals surface area (Å²) in [5.41, 5.74) is 3.94. The molecule has 6 heteroatoms. The monoisotopic (exact) mass is 459 g/mol. The molecule has 1 N–H and O–H groups in total. The quantitative estimate of drug-likeness (QED) is 0.333. The number of hydrogen-bond donors (Lipinski definition) is 1. The van der Waals surface area contributed by atoms with Crippen LogP contribution in [0.5, 0.6) is 0 Å². The first-order valence-electron chi connectivity index (χ1n) is 9.00. The molecule has 5 aromatic rings. The number of fused-ring (bicyclic) bond motifs is 2. The molecule has 2 aromatic heterocycles. The zero-order valence-electron chi connectivity index (χ0n) is 15.1. The lowest BCUT2D eigenvalue weighted by atomic mass is 10.0. The lowest BCUT2D eigenvalue weighted by molar-refractivity contribution is 0.102. The molecule has 0 atom stereocenters. The third-order valence-electron chi connectivity index (χ3n) is 4.62. The molecule has 0 spiro atoms. The molecule has 140 valence electrons. The van der Waals surface area contributed by atoms with E-state index in [-0.39, 0.29) is 5.91 Å². The van der Waals surface area contributed by atoms with Crippen LogP contribution in [0.2, 0.25) is 0 Å². The van der Waals surface area contributed by atoms with Crippen molar-refractivity contribution < 1.29 is 4.79 Å². The van der Waals surface area contributed by atoms with Gasteiger partial charge in [0.25, 0.3) is 5.91 Å². The first-order chi connectivity index (χ1) is 14.2. The molecule has 0 saturated heterocycles. The van der Waals surface area contributed by atoms with Gasteiger partial charge in [-0.25, -0.2) is 9.97 Å². The summed E-state index contributed by atoms with van der Waals surface area (Å²) in [5.74, 6) is -0.194. The Bertz CT molecular complexity index is 1330. The van der Waals surface area contributed by atoms with Crippen molar-refractivity contribution in [2.75, 3.05) is 5.32 Å². The van der Waals surface area contributed by atoms with E-state index in [4.69, 9.17) is 4.98 Å². The van der Waals surface area contributed by atoms with E-state index in [9.17, 15) is 4.79 Å². The van der Waals surface area contributed by atoms with Gasteiger partial charge in [-0.05, 0) is 36.4 Å². The molecular weight excluding hydrogens is 446 g/mol. The maximum absolute atomic E-state index is 13.2. The minimum atomic E-state index is -0.194. The molecule has 0 radical (unpaired) electrons. The highest BCUT2D eigenvalue weighted by Crippen LogP contribution is 2.29. The van der Waals surface area contributed by atoms with E-state index < -0.39 is 0 Å². The number of benzene rings is 3. The minimum Gasteiger partial charge on any atom is -0.298 e. The van der Waals surface area contributed by atoms with Crippen LogP contribution >= 0.6 is 27.3 Å². The molecule has 29 heavy (non-hydrogen) atoms. The van der Waals surface area contributed by atoms with E-state index in [2.05, 4.69) is 26.2 Å². The van der Waals surface area contributed by atoms with Crippen LogP contribution in [0.1, 0.15) is 10.4 Å². The van der Waals surface area contributed by atoms with Crippen LogP contribution in [-0.4, -0.2) is 15.9 Å². The Morgan fingerprint density at radius 1 is 0.862 bits per heavy atom. The van der Waals surface area contributed by atoms with Crippen molar-refractivity contribution in [2.24, 2.45) is 0 Å². The fourth-order valence-corrected chi connectivity index (χ4v) is 4.35. The second kappa shape index (κ2) is 7.39. The van der Waals surface area contributed by atoms with E-state index in [0.29, 0.717) is 10.7 Å². The van der Waals surface area contributed by atoms with E-state index >= 15 is 0 Å². The summed E-state index contributed by atoms with van der Waals surface area (Å²) in [6, 6.07) is 25.3. The maximum Gasteiger partial charge on any atom is 0.258 e. The highest BCUT2D eigenvalue weighted by molar-refractivity contribution is 9.10. The molecule has 2 heterocycles. The predicted octanol–water partition coefficient (Wildman–Crippen LogP) is 6.53. The lowest BCUT2D eigenvalue weighted by Gasteiger charge is -2.09. The fourth-order valence-electron chi connectivity index (χ4n) is 3.22. The molecule has 3 aromatic carbocycles. The standard InChI is InChI=1S/C23H14BrN3OS/c24-15-11-9-14(10-12-15)20-13-17(16-5-1-2-6-18(16)25-20)22(28)27-23-26-19-7-3-4-8-21(19)29-23/h1-13H,(H,26,27,28). The first-order valence-corrected chi connectivity index (χ1v) is 10.6. The third kappa shape index (κ3) is 3.52. The van der Waals surface area contributed by atoms with Gasteiger partial charge in [0.1, 0.15) is 0 Å². The molecule has 4 nitrogen and oxygen atoms in total. The minimum absolute atomic E-state index is 0.194. The first kappa shape index (κ1) is 18.0. The number of nitrogens with zero attached hydrogens (tertiary/aromatic N) is 2. The zero-order chi connectivity index (χ0) is 19.8. The van der Waals surface area contributed by atoms with Crippen LogP contribution in [-0.2, 0) is 0 Å². The summed E-state index contributed by atoms with van der Waals surface area (Å²) in [4.78, 5) is 22.4. The highest BCUT2D eigenvalue weighted by Gasteiger charge is 2.16. The number of carbonyl (C=O) groups excluding carboxylic acids is 1. The summed E-state index contributed by atoms with van der Waals surface area (Å²) in [6.45, 7) is 0. The number of rotatable bonds is 3. The number of halogens is 1. The number of nitrogens with one attached hydrogen (secondary N) is 1. The van der Waals surface area contributed by atoms with E-state index in [1.807, 2.05) is 78.9 Å². The van der Waals surface area contributed by atoms with Crippen LogP contribution < -0.4 is 5.32 Å². The van der Waals surface area contributed by atoms with E-state index in [1.165, 1.54) is 11.3 Å². The molecule has 0 bridgehead atoms. The van der Waals surface area contributed by atoms with Crippen LogP contribution in [0.15, 0.2) is 83.3 Å². The topological polar surface area (TPSA) is 54.9 Å². The second-order valence-corrected chi connectivity index (χ2v) is 8.47. The molecule has 0 aliphatic rings. The molecule has 0 unspecified atom stereocenters. The number of carbonyl (C=O) groups is 1. The van der Waals surface area contributed by atoms with Crippen LogP contribution in [0.25, 0.3) is 32.4 Å². The van der Waals surface area contributed by atoms with Gasteiger partial charge in [-0.2, -0.15) is 0 Å². The summed E-state index contributed by atoms with van der Waals surface area (Å²) in [5, 5.41) is 4.36. The number of amides is 1. The number of pyridine rings is 1. The summed E-state index contributed by atoms with van der Waals surface area (Å²) >= 11 is 4.92. The molecule has 1 amide bonds. The number of hydrogen-bond acceptors (Lipinski definition) is 4. The van der Waals surface area contributed by atoms with Crippen molar-refractivity contribution in [2.45, 2.75) is 0 Å². The fraction of sp³-hybridized carbons (Fsp3) is 0. The van der Waals surface area contributed by atoms with E-state index in [0.717, 1.165) is 36.8 Å². The van der Waals surface area contributed by atoms with Gasteiger partial charge in [0.2, 0.25) is 0 Å². The molecule has 5 rings (SSSR count). The third-order valence-corrected chi connectivity index (χ3v) is 6.10. The second-order valence-electron chi connectivity index (χ2n) is 6.52.